The molecule has 1 unspecified atom stereocenters. The van der Waals surface area contributed by atoms with Crippen molar-refractivity contribution < 1.29 is 18.3 Å². The summed E-state index contributed by atoms with van der Waals surface area (Å²) in [6, 6.07) is 0. The number of aliphatic hydroxyl groups excluding tert-OH is 1. The third-order valence-corrected chi connectivity index (χ3v) is 2.76. The highest BCUT2D eigenvalue weighted by Gasteiger charge is 2.35. The fourth-order valence-corrected chi connectivity index (χ4v) is 1.64. The lowest BCUT2D eigenvalue weighted by atomic mass is 10.2. The fraction of sp³-hybridized carbons (Fsp3) is 0.615. The first kappa shape index (κ1) is 16.7. The molecule has 0 saturated heterocycles. The number of hydrogen-bond donors (Lipinski definition) is 2. The van der Waals surface area contributed by atoms with Gasteiger partial charge in [0.05, 0.1) is 0 Å². The molecule has 7 heteroatoms. The van der Waals surface area contributed by atoms with Crippen LogP contribution in [0.2, 0.25) is 0 Å². The second kappa shape index (κ2) is 7.44. The smallest absolute Gasteiger partial charge is 0.378 e. The van der Waals surface area contributed by atoms with Gasteiger partial charge in [0.1, 0.15) is 18.6 Å². The predicted octanol–water partition coefficient (Wildman–Crippen LogP) is 2.39. The summed E-state index contributed by atoms with van der Waals surface area (Å²) in [5.41, 5.74) is -0.385. The van der Waals surface area contributed by atoms with E-state index in [2.05, 4.69) is 10.3 Å². The Labute approximate surface area is 116 Å². The topological polar surface area (TPSA) is 47.9 Å². The summed E-state index contributed by atoms with van der Waals surface area (Å²) in [5, 5.41) is 12.5. The predicted molar refractivity (Wildman–Crippen MR) is 72.0 cm³/mol. The highest BCUT2D eigenvalue weighted by Crippen LogP contribution is 2.23. The maximum absolute atomic E-state index is 12.5. The second-order valence-electron chi connectivity index (χ2n) is 4.53. The molecule has 1 atom stereocenters. The molecule has 2 N–H and O–H groups in total. The largest absolute Gasteiger partial charge is 0.433 e. The lowest BCUT2D eigenvalue weighted by Gasteiger charge is -2.24. The monoisotopic (exact) mass is 291 g/mol. The second-order valence-corrected chi connectivity index (χ2v) is 4.53. The molecule has 0 saturated carbocycles. The maximum atomic E-state index is 12.5. The van der Waals surface area contributed by atoms with E-state index in [1.165, 1.54) is 0 Å². The summed E-state index contributed by atoms with van der Waals surface area (Å²) in [6.45, 7) is 4.24. The van der Waals surface area contributed by atoms with Crippen LogP contribution < -0.4 is 5.32 Å². The van der Waals surface area contributed by atoms with Crippen LogP contribution in [0.5, 0.6) is 0 Å². The van der Waals surface area contributed by atoms with E-state index in [-0.39, 0.29) is 6.67 Å². The van der Waals surface area contributed by atoms with Crippen LogP contribution in [0.1, 0.15) is 26.7 Å². The van der Waals surface area contributed by atoms with Crippen molar-refractivity contribution in [2.75, 3.05) is 13.2 Å². The van der Waals surface area contributed by atoms with Crippen molar-refractivity contribution in [3.8, 4) is 0 Å². The van der Waals surface area contributed by atoms with Gasteiger partial charge in [-0.1, -0.05) is 13.0 Å². The number of nitrogens with zero attached hydrogens (tertiary/aromatic N) is 2. The molecular weight excluding hydrogens is 271 g/mol. The molecule has 20 heavy (non-hydrogen) atoms. The van der Waals surface area contributed by atoms with Crippen LogP contribution in [-0.2, 0) is 0 Å². The molecule has 4 nitrogen and oxygen atoms in total. The highest BCUT2D eigenvalue weighted by molar-refractivity contribution is 6.00. The molecule has 1 aliphatic rings. The molecule has 1 aliphatic heterocycles. The van der Waals surface area contributed by atoms with Crippen molar-refractivity contribution in [3.05, 3.63) is 24.0 Å². The van der Waals surface area contributed by atoms with Crippen molar-refractivity contribution in [3.63, 3.8) is 0 Å². The summed E-state index contributed by atoms with van der Waals surface area (Å²) in [4.78, 5) is 5.09. The van der Waals surface area contributed by atoms with E-state index in [1.807, 2.05) is 6.92 Å². The van der Waals surface area contributed by atoms with Gasteiger partial charge in [0.25, 0.3) is 0 Å². The number of halogens is 3. The van der Waals surface area contributed by atoms with Crippen LogP contribution in [0.15, 0.2) is 29.0 Å². The minimum atomic E-state index is -4.41. The van der Waals surface area contributed by atoms with Gasteiger partial charge in [0, 0.05) is 18.3 Å². The molecule has 0 aromatic carbocycles. The maximum Gasteiger partial charge on any atom is 0.433 e. The van der Waals surface area contributed by atoms with Crippen LogP contribution in [0.25, 0.3) is 0 Å². The van der Waals surface area contributed by atoms with Crippen molar-refractivity contribution in [2.45, 2.75) is 39.1 Å². The molecule has 0 fully saturated rings. The van der Waals surface area contributed by atoms with E-state index >= 15 is 0 Å². The Morgan fingerprint density at radius 2 is 2.25 bits per heavy atom. The number of hydrogen-bond acceptors (Lipinski definition) is 4. The van der Waals surface area contributed by atoms with Gasteiger partial charge in [0.15, 0.2) is 0 Å². The Hall–Kier alpha value is -1.34. The number of aliphatic hydroxyl groups is 1. The Morgan fingerprint density at radius 3 is 2.80 bits per heavy atom. The third kappa shape index (κ3) is 5.34. The molecule has 0 spiro atoms. The summed E-state index contributed by atoms with van der Waals surface area (Å²) in [7, 11) is 0. The summed E-state index contributed by atoms with van der Waals surface area (Å²) in [5.74, 6) is 0. The first-order chi connectivity index (χ1) is 9.34. The average Bonchev–Trinajstić information content (AvgIpc) is 2.37. The lowest BCUT2D eigenvalue weighted by molar-refractivity contribution is -0.0583. The third-order valence-electron chi connectivity index (χ3n) is 2.76. The van der Waals surface area contributed by atoms with Crippen LogP contribution in [0.3, 0.4) is 0 Å². The van der Waals surface area contributed by atoms with E-state index in [0.29, 0.717) is 12.1 Å². The van der Waals surface area contributed by atoms with Crippen LogP contribution in [0, 0.1) is 0 Å². The molecular formula is C13H20F3N3O. The number of allylic oxidation sites excluding steroid dienone is 2. The van der Waals surface area contributed by atoms with E-state index in [9.17, 15) is 18.3 Å². The van der Waals surface area contributed by atoms with Gasteiger partial charge in [-0.05, 0) is 26.0 Å². The van der Waals surface area contributed by atoms with Gasteiger partial charge >= 0.3 is 6.18 Å². The summed E-state index contributed by atoms with van der Waals surface area (Å²) in [6.07, 6.45) is 0.618. The van der Waals surface area contributed by atoms with E-state index < -0.39 is 18.1 Å². The first-order valence-electron chi connectivity index (χ1n) is 6.49. The van der Waals surface area contributed by atoms with Gasteiger partial charge in [-0.2, -0.15) is 13.2 Å². The Bertz CT molecular complexity index is 402. The van der Waals surface area contributed by atoms with Gasteiger partial charge < -0.3 is 10.0 Å². The van der Waals surface area contributed by atoms with Gasteiger partial charge in [-0.25, -0.2) is 0 Å². The zero-order valence-electron chi connectivity index (χ0n) is 11.6. The minimum absolute atomic E-state index is 0.0633. The fourth-order valence-electron chi connectivity index (χ4n) is 1.64. The number of nitrogens with one attached hydrogen (secondary N) is 1. The average molecular weight is 291 g/mol. The molecule has 0 radical (unpaired) electrons. The Morgan fingerprint density at radius 1 is 1.55 bits per heavy atom. The van der Waals surface area contributed by atoms with Gasteiger partial charge in [-0.3, -0.25) is 10.3 Å². The molecule has 0 amide bonds. The minimum Gasteiger partial charge on any atom is -0.378 e. The highest BCUT2D eigenvalue weighted by atomic mass is 19.4. The van der Waals surface area contributed by atoms with Crippen molar-refractivity contribution in [2.24, 2.45) is 4.99 Å². The molecule has 0 aliphatic carbocycles. The zero-order chi connectivity index (χ0) is 15.2. The Balaban J connectivity index is 2.48. The quantitative estimate of drug-likeness (QED) is 0.739. The SMILES string of the molecule is CCCNC(O)C/C=C\N1CN=C(C(F)(F)F)C=C1C. The molecule has 114 valence electrons. The number of aliphatic imine (C=N–C) groups is 1. The summed E-state index contributed by atoms with van der Waals surface area (Å²) >= 11 is 0. The van der Waals surface area contributed by atoms with Crippen LogP contribution in [0.4, 0.5) is 13.2 Å². The number of alkyl halides is 3. The molecule has 0 aromatic rings. The van der Waals surface area contributed by atoms with E-state index in [1.54, 1.807) is 24.1 Å². The van der Waals surface area contributed by atoms with Crippen molar-refractivity contribution in [1.82, 2.24) is 10.2 Å². The standard InChI is InChI=1S/C13H20F3N3O/c1-3-6-17-12(20)5-4-7-19-9-18-11(8-10(19)2)13(14,15)16/h4,7-8,12,17,20H,3,5-6,9H2,1-2H3/b7-4-. The van der Waals surface area contributed by atoms with Crippen LogP contribution >= 0.6 is 0 Å². The van der Waals surface area contributed by atoms with Gasteiger partial charge in [-0.15, -0.1) is 0 Å². The molecule has 1 rings (SSSR count). The Kier molecular flexibility index (Phi) is 6.22. The van der Waals surface area contributed by atoms with Gasteiger partial charge in [0.2, 0.25) is 0 Å². The van der Waals surface area contributed by atoms with Crippen molar-refractivity contribution in [1.29, 1.82) is 0 Å². The van der Waals surface area contributed by atoms with E-state index in [4.69, 9.17) is 0 Å². The zero-order valence-corrected chi connectivity index (χ0v) is 11.6. The summed E-state index contributed by atoms with van der Waals surface area (Å²) < 4.78 is 37.4. The van der Waals surface area contributed by atoms with Crippen LogP contribution in [-0.4, -0.2) is 41.3 Å². The normalized spacial score (nSPS) is 18.2. The molecule has 1 heterocycles. The number of rotatable bonds is 6. The van der Waals surface area contributed by atoms with Crippen molar-refractivity contribution >= 4 is 5.71 Å². The first-order valence-corrected chi connectivity index (χ1v) is 6.49. The molecule has 0 bridgehead atoms. The van der Waals surface area contributed by atoms with E-state index in [0.717, 1.165) is 19.0 Å². The molecule has 0 aromatic heterocycles. The lowest BCUT2D eigenvalue weighted by Crippen LogP contribution is -2.30.